The predicted molar refractivity (Wildman–Crippen MR) is 95.5 cm³/mol. The number of rotatable bonds is 8. The normalized spacial score (nSPS) is 9.96. The van der Waals surface area contributed by atoms with Gasteiger partial charge in [0.25, 0.3) is 5.91 Å². The van der Waals surface area contributed by atoms with Crippen LogP contribution in [0.25, 0.3) is 0 Å². The van der Waals surface area contributed by atoms with Crippen molar-refractivity contribution in [3.63, 3.8) is 0 Å². The highest BCUT2D eigenvalue weighted by Crippen LogP contribution is 2.18. The summed E-state index contributed by atoms with van der Waals surface area (Å²) in [5.74, 6) is 0.0765. The Hall–Kier alpha value is -3.08. The molecule has 0 saturated carbocycles. The van der Waals surface area contributed by atoms with Gasteiger partial charge in [0.15, 0.2) is 6.61 Å². The van der Waals surface area contributed by atoms with Gasteiger partial charge in [-0.3, -0.25) is 4.79 Å². The van der Waals surface area contributed by atoms with E-state index < -0.39 is 0 Å². The van der Waals surface area contributed by atoms with Gasteiger partial charge in [-0.05, 0) is 35.7 Å². The molecule has 2 aromatic carbocycles. The third kappa shape index (κ3) is 5.49. The molecular weight excluding hydrogens is 318 g/mol. The molecule has 2 rings (SSSR count). The molecule has 0 spiro atoms. The van der Waals surface area contributed by atoms with Crippen molar-refractivity contribution < 1.29 is 19.1 Å². The molecule has 1 N–H and O–H groups in total. The topological polar surface area (TPSA) is 64.6 Å². The van der Waals surface area contributed by atoms with Crippen molar-refractivity contribution in [1.82, 2.24) is 5.32 Å². The highest BCUT2D eigenvalue weighted by molar-refractivity contribution is 5.89. The number of benzene rings is 2. The van der Waals surface area contributed by atoms with Gasteiger partial charge in [0.1, 0.15) is 5.75 Å². The zero-order valence-electron chi connectivity index (χ0n) is 14.2. The highest BCUT2D eigenvalue weighted by atomic mass is 16.5. The van der Waals surface area contributed by atoms with E-state index in [0.29, 0.717) is 24.3 Å². The van der Waals surface area contributed by atoms with Crippen molar-refractivity contribution in [2.24, 2.45) is 0 Å². The molecule has 2 aromatic rings. The molecule has 5 nitrogen and oxygen atoms in total. The van der Waals surface area contributed by atoms with Gasteiger partial charge >= 0.3 is 5.97 Å². The summed E-state index contributed by atoms with van der Waals surface area (Å²) in [6, 6.07) is 14.4. The van der Waals surface area contributed by atoms with E-state index in [1.165, 1.54) is 7.11 Å². The Bertz CT molecular complexity index is 738. The Kier molecular flexibility index (Phi) is 6.77. The molecule has 0 aliphatic carbocycles. The highest BCUT2D eigenvalue weighted by Gasteiger charge is 2.07. The monoisotopic (exact) mass is 339 g/mol. The summed E-state index contributed by atoms with van der Waals surface area (Å²) in [7, 11) is 1.34. The predicted octanol–water partition coefficient (Wildman–Crippen LogP) is 2.90. The number of allylic oxidation sites excluding steroid dienone is 1. The standard InChI is InChI=1S/C20H21NO4/c1-3-6-16-7-4-5-8-18(16)25-14-19(22)21-13-15-9-11-17(12-10-15)20(23)24-2/h3-5,7-12H,1,6,13-14H2,2H3,(H,21,22). The van der Waals surface area contributed by atoms with Crippen molar-refractivity contribution in [3.8, 4) is 5.75 Å². The minimum Gasteiger partial charge on any atom is -0.483 e. The van der Waals surface area contributed by atoms with Crippen molar-refractivity contribution >= 4 is 11.9 Å². The molecule has 5 heteroatoms. The molecule has 0 saturated heterocycles. The van der Waals surface area contributed by atoms with Crippen molar-refractivity contribution in [2.75, 3.05) is 13.7 Å². The third-order valence-corrected chi connectivity index (χ3v) is 3.56. The largest absolute Gasteiger partial charge is 0.483 e. The lowest BCUT2D eigenvalue weighted by molar-refractivity contribution is -0.123. The van der Waals surface area contributed by atoms with Crippen LogP contribution in [0.2, 0.25) is 0 Å². The number of carbonyl (C=O) groups excluding carboxylic acids is 2. The first-order chi connectivity index (χ1) is 12.1. The molecule has 25 heavy (non-hydrogen) atoms. The lowest BCUT2D eigenvalue weighted by Crippen LogP contribution is -2.28. The summed E-state index contributed by atoms with van der Waals surface area (Å²) >= 11 is 0. The molecule has 0 aliphatic rings. The first-order valence-electron chi connectivity index (χ1n) is 7.89. The fourth-order valence-electron chi connectivity index (χ4n) is 2.24. The van der Waals surface area contributed by atoms with Crippen LogP contribution in [0.5, 0.6) is 5.75 Å². The first kappa shape index (κ1) is 18.3. The summed E-state index contributed by atoms with van der Waals surface area (Å²) < 4.78 is 10.2. The average Bonchev–Trinajstić information content (AvgIpc) is 2.65. The summed E-state index contributed by atoms with van der Waals surface area (Å²) in [5, 5.41) is 2.78. The fraction of sp³-hybridized carbons (Fsp3) is 0.200. The van der Waals surface area contributed by atoms with Crippen LogP contribution < -0.4 is 10.1 Å². The maximum Gasteiger partial charge on any atom is 0.337 e. The minimum atomic E-state index is -0.387. The molecule has 0 radical (unpaired) electrons. The van der Waals surface area contributed by atoms with Gasteiger partial charge in [0.05, 0.1) is 12.7 Å². The van der Waals surface area contributed by atoms with Crippen molar-refractivity contribution in [3.05, 3.63) is 77.9 Å². The van der Waals surface area contributed by atoms with Crippen LogP contribution >= 0.6 is 0 Å². The second-order valence-corrected chi connectivity index (χ2v) is 5.35. The molecule has 0 atom stereocenters. The Morgan fingerprint density at radius 3 is 2.52 bits per heavy atom. The van der Waals surface area contributed by atoms with Crippen LogP contribution in [-0.2, 0) is 22.5 Å². The summed E-state index contributed by atoms with van der Waals surface area (Å²) in [6.45, 7) is 4.01. The van der Waals surface area contributed by atoms with Crippen LogP contribution in [0, 0.1) is 0 Å². The van der Waals surface area contributed by atoms with E-state index in [2.05, 4.69) is 16.6 Å². The van der Waals surface area contributed by atoms with Crippen molar-refractivity contribution in [2.45, 2.75) is 13.0 Å². The van der Waals surface area contributed by atoms with Gasteiger partial charge in [-0.1, -0.05) is 36.4 Å². The number of hydrogen-bond donors (Lipinski definition) is 1. The lowest BCUT2D eigenvalue weighted by atomic mass is 10.1. The van der Waals surface area contributed by atoms with Gasteiger partial charge in [-0.25, -0.2) is 4.79 Å². The smallest absolute Gasteiger partial charge is 0.337 e. The number of esters is 1. The quantitative estimate of drug-likeness (QED) is 0.593. The Balaban J connectivity index is 1.83. The van der Waals surface area contributed by atoms with Crippen molar-refractivity contribution in [1.29, 1.82) is 0 Å². The summed E-state index contributed by atoms with van der Waals surface area (Å²) in [4.78, 5) is 23.3. The fourth-order valence-corrected chi connectivity index (χ4v) is 2.24. The van der Waals surface area contributed by atoms with Crippen LogP contribution in [0.4, 0.5) is 0 Å². The number of ether oxygens (including phenoxy) is 2. The minimum absolute atomic E-state index is 0.0611. The Labute approximate surface area is 147 Å². The molecular formula is C20H21NO4. The molecule has 0 bridgehead atoms. The van der Waals surface area contributed by atoms with Crippen LogP contribution in [0.15, 0.2) is 61.2 Å². The maximum absolute atomic E-state index is 11.9. The summed E-state index contributed by atoms with van der Waals surface area (Å²) in [6.07, 6.45) is 2.48. The third-order valence-electron chi connectivity index (χ3n) is 3.56. The zero-order valence-corrected chi connectivity index (χ0v) is 14.2. The SMILES string of the molecule is C=CCc1ccccc1OCC(=O)NCc1ccc(C(=O)OC)cc1. The molecule has 0 fully saturated rings. The van der Waals surface area contributed by atoms with E-state index in [1.807, 2.05) is 24.3 Å². The number of hydrogen-bond acceptors (Lipinski definition) is 4. The van der Waals surface area contributed by atoms with Gasteiger partial charge in [-0.15, -0.1) is 6.58 Å². The molecule has 0 aromatic heterocycles. The second kappa shape index (κ2) is 9.27. The van der Waals surface area contributed by atoms with Crippen LogP contribution in [0.1, 0.15) is 21.5 Å². The average molecular weight is 339 g/mol. The number of para-hydroxylation sites is 1. The van der Waals surface area contributed by atoms with E-state index in [4.69, 9.17) is 4.74 Å². The van der Waals surface area contributed by atoms with Gasteiger partial charge in [0, 0.05) is 6.54 Å². The molecule has 1 amide bonds. The first-order valence-corrected chi connectivity index (χ1v) is 7.89. The van der Waals surface area contributed by atoms with Gasteiger partial charge < -0.3 is 14.8 Å². The van der Waals surface area contributed by atoms with Gasteiger partial charge in [0.2, 0.25) is 0 Å². The molecule has 0 unspecified atom stereocenters. The van der Waals surface area contributed by atoms with Crippen LogP contribution in [-0.4, -0.2) is 25.6 Å². The Morgan fingerprint density at radius 2 is 1.84 bits per heavy atom. The number of amides is 1. The lowest BCUT2D eigenvalue weighted by Gasteiger charge is -2.11. The number of carbonyl (C=O) groups is 2. The summed E-state index contributed by atoms with van der Waals surface area (Å²) in [5.41, 5.74) is 2.34. The van der Waals surface area contributed by atoms with E-state index in [1.54, 1.807) is 30.3 Å². The van der Waals surface area contributed by atoms with Crippen LogP contribution in [0.3, 0.4) is 0 Å². The van der Waals surface area contributed by atoms with E-state index >= 15 is 0 Å². The molecule has 0 aliphatic heterocycles. The zero-order chi connectivity index (χ0) is 18.1. The number of methoxy groups -OCH3 is 1. The van der Waals surface area contributed by atoms with E-state index in [9.17, 15) is 9.59 Å². The molecule has 0 heterocycles. The second-order valence-electron chi connectivity index (χ2n) is 5.35. The van der Waals surface area contributed by atoms with E-state index in [-0.39, 0.29) is 18.5 Å². The van der Waals surface area contributed by atoms with Gasteiger partial charge in [-0.2, -0.15) is 0 Å². The number of nitrogens with one attached hydrogen (secondary N) is 1. The Morgan fingerprint density at radius 1 is 1.12 bits per heavy atom. The van der Waals surface area contributed by atoms with E-state index in [0.717, 1.165) is 11.1 Å². The maximum atomic E-state index is 11.9. The molecule has 130 valence electrons.